The molecule has 0 bridgehead atoms. The van der Waals surface area contributed by atoms with Gasteiger partial charge in [0.05, 0.1) is 0 Å². The Morgan fingerprint density at radius 2 is 1.62 bits per heavy atom. The van der Waals surface area contributed by atoms with Crippen LogP contribution in [0.4, 0.5) is 13.2 Å². The van der Waals surface area contributed by atoms with E-state index in [2.05, 4.69) is 33.9 Å². The van der Waals surface area contributed by atoms with Crippen LogP contribution in [0.5, 0.6) is 0 Å². The van der Waals surface area contributed by atoms with Gasteiger partial charge in [0.2, 0.25) is 0 Å². The van der Waals surface area contributed by atoms with E-state index in [1.54, 1.807) is 0 Å². The van der Waals surface area contributed by atoms with Gasteiger partial charge in [-0.1, -0.05) is 20.8 Å². The van der Waals surface area contributed by atoms with Crippen LogP contribution in [-0.4, -0.2) is 14.9 Å². The van der Waals surface area contributed by atoms with Crippen LogP contribution in [0, 0.1) is 17.5 Å². The Morgan fingerprint density at radius 1 is 1.14 bits per heavy atom. The van der Waals surface area contributed by atoms with Crippen LogP contribution < -0.4 is 5.73 Å². The minimum atomic E-state index is -1.87. The third-order valence-electron chi connectivity index (χ3n) is 4.13. The molecule has 0 saturated heterocycles. The summed E-state index contributed by atoms with van der Waals surface area (Å²) in [6.07, 6.45) is 0.428. The molecule has 0 aliphatic rings. The molecule has 6 heteroatoms. The molecule has 2 N–H and O–H groups in total. The highest BCUT2D eigenvalue weighted by molar-refractivity contribution is 6.74. The molecule has 0 heterocycles. The zero-order valence-electron chi connectivity index (χ0n) is 13.3. The second kappa shape index (κ2) is 6.50. The van der Waals surface area contributed by atoms with Crippen molar-refractivity contribution in [2.75, 3.05) is 6.61 Å². The van der Waals surface area contributed by atoms with Crippen LogP contribution in [-0.2, 0) is 4.43 Å². The molecule has 21 heavy (non-hydrogen) atoms. The minimum Gasteiger partial charge on any atom is -0.417 e. The van der Waals surface area contributed by atoms with Gasteiger partial charge in [-0.05, 0) is 42.2 Å². The third-order valence-corrected chi connectivity index (χ3v) is 8.67. The van der Waals surface area contributed by atoms with Gasteiger partial charge in [-0.25, -0.2) is 13.2 Å². The Labute approximate surface area is 125 Å². The molecule has 0 radical (unpaired) electrons. The molecular formula is C15H24F3NOSi. The highest BCUT2D eigenvalue weighted by atomic mass is 28.4. The summed E-state index contributed by atoms with van der Waals surface area (Å²) in [7, 11) is -1.87. The molecule has 1 unspecified atom stereocenters. The van der Waals surface area contributed by atoms with Gasteiger partial charge >= 0.3 is 0 Å². The maximum atomic E-state index is 13.2. The molecule has 1 aromatic carbocycles. The monoisotopic (exact) mass is 319 g/mol. The van der Waals surface area contributed by atoms with Gasteiger partial charge in [0.25, 0.3) is 0 Å². The predicted molar refractivity (Wildman–Crippen MR) is 81.0 cm³/mol. The summed E-state index contributed by atoms with van der Waals surface area (Å²) in [5.41, 5.74) is 6.14. The first-order valence-electron chi connectivity index (χ1n) is 6.99. The van der Waals surface area contributed by atoms with E-state index in [0.717, 1.165) is 12.1 Å². The average Bonchev–Trinajstić information content (AvgIpc) is 2.33. The lowest BCUT2D eigenvalue weighted by Crippen LogP contribution is -2.41. The molecule has 0 aliphatic heterocycles. The number of halogens is 3. The van der Waals surface area contributed by atoms with E-state index in [4.69, 9.17) is 10.2 Å². The van der Waals surface area contributed by atoms with Crippen molar-refractivity contribution < 1.29 is 17.6 Å². The standard InChI is InChI=1S/C15H24F3NOSi/c1-15(2,3)21(4,5)20-7-6-13(19)10-8-11(16)14(18)12(17)9-10/h8-9,13H,6-7,19H2,1-5H3. The van der Waals surface area contributed by atoms with E-state index in [9.17, 15) is 13.2 Å². The first-order valence-corrected chi connectivity index (χ1v) is 9.90. The van der Waals surface area contributed by atoms with Crippen LogP contribution in [0.3, 0.4) is 0 Å². The van der Waals surface area contributed by atoms with Gasteiger partial charge in [0.15, 0.2) is 25.8 Å². The van der Waals surface area contributed by atoms with Crippen molar-refractivity contribution >= 4 is 8.32 Å². The van der Waals surface area contributed by atoms with Crippen molar-refractivity contribution in [1.82, 2.24) is 0 Å². The van der Waals surface area contributed by atoms with E-state index in [-0.39, 0.29) is 10.6 Å². The molecule has 1 atom stereocenters. The van der Waals surface area contributed by atoms with E-state index >= 15 is 0 Å². The molecule has 1 aromatic rings. The van der Waals surface area contributed by atoms with E-state index < -0.39 is 31.8 Å². The molecule has 120 valence electrons. The van der Waals surface area contributed by atoms with Crippen LogP contribution in [0.15, 0.2) is 12.1 Å². The van der Waals surface area contributed by atoms with E-state index in [0.29, 0.717) is 13.0 Å². The normalized spacial score (nSPS) is 14.3. The van der Waals surface area contributed by atoms with Gasteiger partial charge in [-0.3, -0.25) is 0 Å². The second-order valence-electron chi connectivity index (χ2n) is 6.80. The van der Waals surface area contributed by atoms with Crippen molar-refractivity contribution in [3.8, 4) is 0 Å². The number of rotatable bonds is 5. The summed E-state index contributed by atoms with van der Waals surface area (Å²) in [5.74, 6) is -3.90. The minimum absolute atomic E-state index is 0.0885. The number of nitrogens with two attached hydrogens (primary N) is 1. The summed E-state index contributed by atoms with van der Waals surface area (Å²) in [6.45, 7) is 11.0. The third kappa shape index (κ3) is 4.56. The predicted octanol–water partition coefficient (Wildman–Crippen LogP) is 4.52. The van der Waals surface area contributed by atoms with Gasteiger partial charge in [0.1, 0.15) is 0 Å². The SMILES string of the molecule is CC(C)(C)[Si](C)(C)OCCC(N)c1cc(F)c(F)c(F)c1. The second-order valence-corrected chi connectivity index (χ2v) is 11.6. The Morgan fingerprint density at radius 3 is 2.05 bits per heavy atom. The van der Waals surface area contributed by atoms with Crippen LogP contribution >= 0.6 is 0 Å². The zero-order valence-corrected chi connectivity index (χ0v) is 14.3. The topological polar surface area (TPSA) is 35.2 Å². The van der Waals surface area contributed by atoms with Gasteiger partial charge in [-0.2, -0.15) is 0 Å². The molecule has 0 saturated carbocycles. The van der Waals surface area contributed by atoms with Crippen molar-refractivity contribution in [3.05, 3.63) is 35.1 Å². The first-order chi connectivity index (χ1) is 9.45. The quantitative estimate of drug-likeness (QED) is 0.640. The fraction of sp³-hybridized carbons (Fsp3) is 0.600. The van der Waals surface area contributed by atoms with E-state index in [1.165, 1.54) is 0 Å². The van der Waals surface area contributed by atoms with Crippen molar-refractivity contribution in [2.24, 2.45) is 5.73 Å². The first kappa shape index (κ1) is 18.2. The zero-order chi connectivity index (χ0) is 16.4. The Kier molecular flexibility index (Phi) is 5.63. The van der Waals surface area contributed by atoms with Crippen LogP contribution in [0.1, 0.15) is 38.8 Å². The molecule has 1 rings (SSSR count). The highest BCUT2D eigenvalue weighted by Gasteiger charge is 2.37. The summed E-state index contributed by atoms with van der Waals surface area (Å²) >= 11 is 0. The van der Waals surface area contributed by atoms with Crippen molar-refractivity contribution in [3.63, 3.8) is 0 Å². The molecule has 0 spiro atoms. The Balaban J connectivity index is 2.65. The summed E-state index contributed by atoms with van der Waals surface area (Å²) in [6, 6.07) is 1.30. The smallest absolute Gasteiger partial charge is 0.194 e. The molecule has 0 aromatic heterocycles. The lowest BCUT2D eigenvalue weighted by molar-refractivity contribution is 0.272. The highest BCUT2D eigenvalue weighted by Crippen LogP contribution is 2.36. The average molecular weight is 319 g/mol. The Bertz CT molecular complexity index is 477. The fourth-order valence-corrected chi connectivity index (χ4v) is 2.67. The van der Waals surface area contributed by atoms with Gasteiger partial charge < -0.3 is 10.2 Å². The number of benzene rings is 1. The molecule has 0 fully saturated rings. The van der Waals surface area contributed by atoms with Gasteiger partial charge in [0, 0.05) is 12.6 Å². The largest absolute Gasteiger partial charge is 0.417 e. The molecule has 0 aliphatic carbocycles. The summed E-state index contributed by atoms with van der Waals surface area (Å²) in [5, 5.41) is 0.0885. The molecule has 0 amide bonds. The van der Waals surface area contributed by atoms with Gasteiger partial charge in [-0.15, -0.1) is 0 Å². The summed E-state index contributed by atoms with van der Waals surface area (Å²) < 4.78 is 45.2. The lowest BCUT2D eigenvalue weighted by atomic mass is 10.0. The van der Waals surface area contributed by atoms with Crippen LogP contribution in [0.2, 0.25) is 18.1 Å². The molecular weight excluding hydrogens is 295 g/mol. The summed E-state index contributed by atoms with van der Waals surface area (Å²) in [4.78, 5) is 0. The lowest BCUT2D eigenvalue weighted by Gasteiger charge is -2.36. The van der Waals surface area contributed by atoms with Crippen molar-refractivity contribution in [1.29, 1.82) is 0 Å². The van der Waals surface area contributed by atoms with Crippen LogP contribution in [0.25, 0.3) is 0 Å². The number of hydrogen-bond acceptors (Lipinski definition) is 2. The maximum absolute atomic E-state index is 13.2. The fourth-order valence-electron chi connectivity index (χ4n) is 1.61. The van der Waals surface area contributed by atoms with Crippen molar-refractivity contribution in [2.45, 2.75) is 51.4 Å². The maximum Gasteiger partial charge on any atom is 0.194 e. The van der Waals surface area contributed by atoms with E-state index in [1.807, 2.05) is 0 Å². The number of hydrogen-bond donors (Lipinski definition) is 1. The molecule has 2 nitrogen and oxygen atoms in total. The Hall–Kier alpha value is -0.853.